The highest BCUT2D eigenvalue weighted by molar-refractivity contribution is 7.17. The second-order valence-electron chi connectivity index (χ2n) is 8.24. The molecule has 5 nitrogen and oxygen atoms in total. The van der Waals surface area contributed by atoms with Crippen LogP contribution < -0.4 is 0 Å². The molecule has 9 heteroatoms. The molecule has 1 aliphatic heterocycles. The third kappa shape index (κ3) is 4.25. The molecule has 4 aromatic rings. The number of carbonyl (C=O) groups is 1. The number of thiazole rings is 1. The highest BCUT2D eigenvalue weighted by Crippen LogP contribution is 2.34. The van der Waals surface area contributed by atoms with Crippen molar-refractivity contribution in [3.05, 3.63) is 70.5 Å². The van der Waals surface area contributed by atoms with Crippen molar-refractivity contribution in [3.8, 4) is 10.6 Å². The Morgan fingerprint density at radius 1 is 1.12 bits per heavy atom. The summed E-state index contributed by atoms with van der Waals surface area (Å²) < 4.78 is 38.5. The summed E-state index contributed by atoms with van der Waals surface area (Å²) in [6, 6.07) is 12.7. The molecule has 1 atom stereocenters. The second kappa shape index (κ2) is 8.30. The third-order valence-electron chi connectivity index (χ3n) is 5.95. The SMILES string of the molecule is Cc1nc(-c2ccc(C(F)(F)F)cc2)sc1C(=O)N1CCCC(c2nc3ccccc3[nH]2)C1. The van der Waals surface area contributed by atoms with E-state index >= 15 is 0 Å². The minimum atomic E-state index is -4.39. The zero-order valence-corrected chi connectivity index (χ0v) is 18.6. The average Bonchev–Trinajstić information content (AvgIpc) is 3.42. The predicted octanol–water partition coefficient (Wildman–Crippen LogP) is 6.03. The van der Waals surface area contributed by atoms with Crippen LogP contribution >= 0.6 is 11.3 Å². The van der Waals surface area contributed by atoms with E-state index in [1.54, 1.807) is 6.92 Å². The number of para-hydroxylation sites is 2. The molecule has 1 amide bonds. The minimum absolute atomic E-state index is 0.0935. The number of aromatic nitrogens is 3. The van der Waals surface area contributed by atoms with E-state index in [1.165, 1.54) is 23.5 Å². The summed E-state index contributed by atoms with van der Waals surface area (Å²) in [5, 5.41) is 0.537. The van der Waals surface area contributed by atoms with Crippen molar-refractivity contribution >= 4 is 28.3 Å². The van der Waals surface area contributed by atoms with Crippen molar-refractivity contribution in [3.63, 3.8) is 0 Å². The number of aromatic amines is 1. The van der Waals surface area contributed by atoms with Gasteiger partial charge in [-0.15, -0.1) is 11.3 Å². The lowest BCUT2D eigenvalue weighted by molar-refractivity contribution is -0.137. The van der Waals surface area contributed by atoms with E-state index in [0.717, 1.165) is 41.8 Å². The maximum absolute atomic E-state index is 13.3. The zero-order valence-electron chi connectivity index (χ0n) is 17.8. The van der Waals surface area contributed by atoms with Crippen LogP contribution in [0.5, 0.6) is 0 Å². The van der Waals surface area contributed by atoms with Crippen LogP contribution in [0.4, 0.5) is 13.2 Å². The molecule has 2 aromatic carbocycles. The number of imidazole rings is 1. The molecule has 0 saturated carbocycles. The Bertz CT molecular complexity index is 1280. The van der Waals surface area contributed by atoms with Crippen molar-refractivity contribution in [1.82, 2.24) is 19.9 Å². The Hall–Kier alpha value is -3.20. The second-order valence-corrected chi connectivity index (χ2v) is 9.24. The van der Waals surface area contributed by atoms with Crippen molar-refractivity contribution in [2.24, 2.45) is 0 Å². The van der Waals surface area contributed by atoms with Crippen LogP contribution in [0.2, 0.25) is 0 Å². The molecule has 1 saturated heterocycles. The Labute approximate surface area is 192 Å². The molecule has 1 N–H and O–H groups in total. The molecule has 1 unspecified atom stereocenters. The number of likely N-dealkylation sites (tertiary alicyclic amines) is 1. The van der Waals surface area contributed by atoms with Gasteiger partial charge in [0.1, 0.15) is 15.7 Å². The highest BCUT2D eigenvalue weighted by atomic mass is 32.1. The molecule has 5 rings (SSSR count). The molecule has 33 heavy (non-hydrogen) atoms. The topological polar surface area (TPSA) is 61.9 Å². The summed E-state index contributed by atoms with van der Waals surface area (Å²) in [5.74, 6) is 0.918. The average molecular weight is 471 g/mol. The Morgan fingerprint density at radius 2 is 1.88 bits per heavy atom. The number of carbonyl (C=O) groups excluding carboxylic acids is 1. The van der Waals surface area contributed by atoms with Gasteiger partial charge in [-0.1, -0.05) is 24.3 Å². The number of alkyl halides is 3. The number of amides is 1. The number of aryl methyl sites for hydroxylation is 1. The number of halogens is 3. The number of rotatable bonds is 3. The smallest absolute Gasteiger partial charge is 0.342 e. The van der Waals surface area contributed by atoms with Gasteiger partial charge in [0.2, 0.25) is 0 Å². The number of piperidine rings is 1. The number of nitrogens with one attached hydrogen (secondary N) is 1. The Kier molecular flexibility index (Phi) is 5.44. The number of H-pyrrole nitrogens is 1. The predicted molar refractivity (Wildman–Crippen MR) is 121 cm³/mol. The van der Waals surface area contributed by atoms with E-state index in [1.807, 2.05) is 29.2 Å². The normalized spacial score (nSPS) is 17.0. The number of nitrogens with zero attached hydrogens (tertiary/aromatic N) is 3. The van der Waals surface area contributed by atoms with Crippen LogP contribution in [0.15, 0.2) is 48.5 Å². The van der Waals surface area contributed by atoms with Gasteiger partial charge in [-0.2, -0.15) is 13.2 Å². The lowest BCUT2D eigenvalue weighted by atomic mass is 9.97. The number of hydrogen-bond acceptors (Lipinski definition) is 4. The van der Waals surface area contributed by atoms with E-state index in [9.17, 15) is 18.0 Å². The van der Waals surface area contributed by atoms with Gasteiger partial charge in [0.05, 0.1) is 22.3 Å². The summed E-state index contributed by atoms with van der Waals surface area (Å²) in [6.07, 6.45) is -2.57. The van der Waals surface area contributed by atoms with Crippen LogP contribution in [0.1, 0.15) is 45.5 Å². The van der Waals surface area contributed by atoms with E-state index in [4.69, 9.17) is 4.98 Å². The van der Waals surface area contributed by atoms with Gasteiger partial charge in [-0.25, -0.2) is 9.97 Å². The molecule has 170 valence electrons. The van der Waals surface area contributed by atoms with Crippen molar-refractivity contribution < 1.29 is 18.0 Å². The zero-order chi connectivity index (χ0) is 23.2. The Morgan fingerprint density at radius 3 is 2.61 bits per heavy atom. The highest BCUT2D eigenvalue weighted by Gasteiger charge is 2.31. The standard InChI is InChI=1S/C24H21F3N4OS/c1-14-20(33-22(28-14)15-8-10-17(11-9-15)24(25,26)27)23(32)31-12-4-5-16(13-31)21-29-18-6-2-3-7-19(18)30-21/h2-3,6-11,16H,4-5,12-13H2,1H3,(H,29,30). The van der Waals surface area contributed by atoms with Gasteiger partial charge in [0.25, 0.3) is 5.91 Å². The van der Waals surface area contributed by atoms with Gasteiger partial charge in [0, 0.05) is 24.6 Å². The van der Waals surface area contributed by atoms with Crippen LogP contribution in [0.3, 0.4) is 0 Å². The molecule has 0 spiro atoms. The third-order valence-corrected chi connectivity index (χ3v) is 7.15. The first-order chi connectivity index (χ1) is 15.8. The summed E-state index contributed by atoms with van der Waals surface area (Å²) in [7, 11) is 0. The first-order valence-electron chi connectivity index (χ1n) is 10.7. The van der Waals surface area contributed by atoms with Crippen LogP contribution in [-0.4, -0.2) is 38.8 Å². The summed E-state index contributed by atoms with van der Waals surface area (Å²) >= 11 is 1.22. The fourth-order valence-electron chi connectivity index (χ4n) is 4.21. The summed E-state index contributed by atoms with van der Waals surface area (Å²) in [5.41, 5.74) is 2.34. The van der Waals surface area contributed by atoms with Crippen molar-refractivity contribution in [2.75, 3.05) is 13.1 Å². The summed E-state index contributed by atoms with van der Waals surface area (Å²) in [6.45, 7) is 2.98. The largest absolute Gasteiger partial charge is 0.416 e. The molecule has 1 aliphatic rings. The molecule has 2 aromatic heterocycles. The maximum Gasteiger partial charge on any atom is 0.416 e. The fourth-order valence-corrected chi connectivity index (χ4v) is 5.25. The minimum Gasteiger partial charge on any atom is -0.342 e. The van der Waals surface area contributed by atoms with E-state index in [-0.39, 0.29) is 11.8 Å². The maximum atomic E-state index is 13.3. The van der Waals surface area contributed by atoms with Gasteiger partial charge in [-0.3, -0.25) is 4.79 Å². The number of benzene rings is 2. The van der Waals surface area contributed by atoms with Gasteiger partial charge >= 0.3 is 6.18 Å². The Balaban J connectivity index is 1.35. The first-order valence-corrected chi connectivity index (χ1v) is 11.5. The van der Waals surface area contributed by atoms with Gasteiger partial charge < -0.3 is 9.88 Å². The number of fused-ring (bicyclic) bond motifs is 1. The monoisotopic (exact) mass is 470 g/mol. The molecular weight excluding hydrogens is 449 g/mol. The van der Waals surface area contributed by atoms with Gasteiger partial charge in [0.15, 0.2) is 0 Å². The van der Waals surface area contributed by atoms with Crippen molar-refractivity contribution in [1.29, 1.82) is 0 Å². The van der Waals surface area contributed by atoms with Crippen LogP contribution in [-0.2, 0) is 6.18 Å². The molecule has 0 bridgehead atoms. The summed E-state index contributed by atoms with van der Waals surface area (Å²) in [4.78, 5) is 28.2. The molecular formula is C24H21F3N4OS. The first kappa shape index (κ1) is 21.6. The molecule has 0 radical (unpaired) electrons. The fraction of sp³-hybridized carbons (Fsp3) is 0.292. The molecule has 1 fully saturated rings. The molecule has 3 heterocycles. The van der Waals surface area contributed by atoms with E-state index in [2.05, 4.69) is 9.97 Å². The number of hydrogen-bond donors (Lipinski definition) is 1. The molecule has 0 aliphatic carbocycles. The lowest BCUT2D eigenvalue weighted by Crippen LogP contribution is -2.39. The van der Waals surface area contributed by atoms with Crippen molar-refractivity contribution in [2.45, 2.75) is 31.9 Å². The quantitative estimate of drug-likeness (QED) is 0.398. The van der Waals surface area contributed by atoms with Crippen LogP contribution in [0.25, 0.3) is 21.6 Å². The lowest BCUT2D eigenvalue weighted by Gasteiger charge is -2.31. The van der Waals surface area contributed by atoms with E-state index in [0.29, 0.717) is 34.2 Å². The van der Waals surface area contributed by atoms with Crippen LogP contribution in [0, 0.1) is 6.92 Å². The van der Waals surface area contributed by atoms with Gasteiger partial charge in [-0.05, 0) is 44.0 Å². The van der Waals surface area contributed by atoms with E-state index < -0.39 is 11.7 Å².